The van der Waals surface area contributed by atoms with E-state index in [1.54, 1.807) is 0 Å². The van der Waals surface area contributed by atoms with Gasteiger partial charge in [-0.25, -0.2) is 0 Å². The van der Waals surface area contributed by atoms with Gasteiger partial charge < -0.3 is 42.5 Å². The van der Waals surface area contributed by atoms with Crippen LogP contribution in [0.25, 0.3) is 22.2 Å². The maximum Gasteiger partial charge on any atom is 0.235 e. The third-order valence-electron chi connectivity index (χ3n) is 11.0. The van der Waals surface area contributed by atoms with E-state index in [9.17, 15) is 0 Å². The van der Waals surface area contributed by atoms with Crippen LogP contribution in [0.1, 0.15) is 117 Å². The molecule has 4 saturated heterocycles. The van der Waals surface area contributed by atoms with Gasteiger partial charge in [-0.05, 0) is 88.0 Å². The van der Waals surface area contributed by atoms with Crippen molar-refractivity contribution in [3.05, 3.63) is 46.6 Å². The van der Waals surface area contributed by atoms with Crippen LogP contribution in [0.3, 0.4) is 0 Å². The molecule has 4 aliphatic rings. The molecule has 0 saturated carbocycles. The molecule has 290 valence electrons. The smallest absolute Gasteiger partial charge is 0.235 e. The van der Waals surface area contributed by atoms with Gasteiger partial charge in [-0.2, -0.15) is 0 Å². The van der Waals surface area contributed by atoms with Gasteiger partial charge in [0.2, 0.25) is 5.43 Å². The first-order valence-electron chi connectivity index (χ1n) is 20.6. The fourth-order valence-corrected chi connectivity index (χ4v) is 7.89. The van der Waals surface area contributed by atoms with Crippen molar-refractivity contribution < 1.29 is 37.9 Å². The molecule has 2 aromatic carbocycles. The van der Waals surface area contributed by atoms with Gasteiger partial charge in [-0.15, -0.1) is 0 Å². The average molecular weight is 734 g/mol. The lowest BCUT2D eigenvalue weighted by Gasteiger charge is -2.30. The van der Waals surface area contributed by atoms with Crippen molar-refractivity contribution in [3.8, 4) is 34.3 Å². The van der Waals surface area contributed by atoms with Crippen LogP contribution in [0.2, 0.25) is 0 Å². The molecule has 0 amide bonds. The molecule has 0 N–H and O–H groups in total. The first-order chi connectivity index (χ1) is 26.1. The highest BCUT2D eigenvalue weighted by Gasteiger charge is 2.30. The summed E-state index contributed by atoms with van der Waals surface area (Å²) in [5.41, 5.74) is 2.09. The number of ether oxygens (including phenoxy) is 8. The summed E-state index contributed by atoms with van der Waals surface area (Å²) in [7, 11) is 0. The van der Waals surface area contributed by atoms with Gasteiger partial charge in [0.05, 0.1) is 43.0 Å². The van der Waals surface area contributed by atoms with E-state index in [1.807, 2.05) is 36.4 Å². The summed E-state index contributed by atoms with van der Waals surface area (Å²) in [6, 6.07) is 11.8. The second-order valence-corrected chi connectivity index (χ2v) is 15.0. The Labute approximate surface area is 314 Å². The third-order valence-corrected chi connectivity index (χ3v) is 11.0. The van der Waals surface area contributed by atoms with Crippen molar-refractivity contribution >= 4 is 10.9 Å². The van der Waals surface area contributed by atoms with Gasteiger partial charge in [-0.1, -0.05) is 33.1 Å². The quantitative estimate of drug-likeness (QED) is 0.151. The highest BCUT2D eigenvalue weighted by molar-refractivity contribution is 5.92. The summed E-state index contributed by atoms with van der Waals surface area (Å²) >= 11 is 0. The monoisotopic (exact) mass is 733 g/mol. The minimum absolute atomic E-state index is 0.232. The number of aromatic nitrogens is 1. The first-order valence-corrected chi connectivity index (χ1v) is 20.6. The molecule has 10 heteroatoms. The van der Waals surface area contributed by atoms with Crippen LogP contribution in [0, 0.1) is 5.92 Å². The van der Waals surface area contributed by atoms with Crippen LogP contribution < -0.4 is 24.4 Å². The summed E-state index contributed by atoms with van der Waals surface area (Å²) in [5.74, 6) is 2.42. The van der Waals surface area contributed by atoms with Crippen LogP contribution in [0.4, 0.5) is 0 Å². The highest BCUT2D eigenvalue weighted by Crippen LogP contribution is 2.40. The summed E-state index contributed by atoms with van der Waals surface area (Å²) in [6.07, 6.45) is 14.0. The molecule has 0 bridgehead atoms. The van der Waals surface area contributed by atoms with Crippen LogP contribution in [-0.4, -0.2) is 56.2 Å². The topological polar surface area (TPSA) is 95.8 Å². The maximum absolute atomic E-state index is 15.1. The summed E-state index contributed by atoms with van der Waals surface area (Å²) in [6.45, 7) is 7.77. The van der Waals surface area contributed by atoms with E-state index in [2.05, 4.69) is 18.4 Å². The van der Waals surface area contributed by atoms with Gasteiger partial charge >= 0.3 is 0 Å². The molecular formula is C43H59NO9. The van der Waals surface area contributed by atoms with Crippen LogP contribution >= 0.6 is 0 Å². The number of hydrogen-bond acceptors (Lipinski definition) is 9. The zero-order valence-electron chi connectivity index (χ0n) is 31.8. The van der Waals surface area contributed by atoms with Crippen LogP contribution in [0.15, 0.2) is 41.2 Å². The SMILES string of the molecule is CCCCC(CC)Cn1c(-c2ccc(OC3CCCCO3)cc2)c(OC2CCCCO2)c(=O)c2c(OC3CCCCO3)cc(OC3CCCCO3)cc21. The second kappa shape index (κ2) is 18.8. The average Bonchev–Trinajstić information content (AvgIpc) is 3.20. The number of rotatable bonds is 15. The molecule has 5 unspecified atom stereocenters. The Morgan fingerprint density at radius 2 is 1.23 bits per heavy atom. The molecule has 7 rings (SSSR count). The molecule has 4 aliphatic heterocycles. The van der Waals surface area contributed by atoms with Gasteiger partial charge in [-0.3, -0.25) is 4.79 Å². The number of benzene rings is 2. The third kappa shape index (κ3) is 9.68. The van der Waals surface area contributed by atoms with Gasteiger partial charge in [0, 0.05) is 49.9 Å². The minimum atomic E-state index is -0.522. The number of pyridine rings is 1. The zero-order valence-corrected chi connectivity index (χ0v) is 31.8. The molecule has 53 heavy (non-hydrogen) atoms. The highest BCUT2D eigenvalue weighted by atomic mass is 16.7. The van der Waals surface area contributed by atoms with E-state index < -0.39 is 12.6 Å². The Morgan fingerprint density at radius 1 is 0.679 bits per heavy atom. The van der Waals surface area contributed by atoms with Crippen molar-refractivity contribution in [1.29, 1.82) is 0 Å². The molecule has 1 aromatic heterocycles. The Kier molecular flexibility index (Phi) is 13.5. The van der Waals surface area contributed by atoms with E-state index in [4.69, 9.17) is 37.9 Å². The molecule has 0 radical (unpaired) electrons. The standard InChI is InChI=1S/C43H59NO9/c1-3-5-14-30(4-2)29-44-34-27-33(51-37-16-7-11-24-47-37)28-35(52-38-17-8-12-25-48-38)40(34)42(45)43(53-39-18-9-13-26-49-39)41(44)31-19-21-32(22-20-31)50-36-15-6-10-23-46-36/h19-22,27-28,30,36-39H,3-18,23-26,29H2,1-2H3. The zero-order chi connectivity index (χ0) is 36.4. The predicted molar refractivity (Wildman–Crippen MR) is 204 cm³/mol. The molecule has 0 spiro atoms. The fourth-order valence-electron chi connectivity index (χ4n) is 7.89. The number of unbranched alkanes of at least 4 members (excludes halogenated alkanes) is 1. The van der Waals surface area contributed by atoms with E-state index in [1.165, 1.54) is 0 Å². The molecule has 3 aromatic rings. The lowest BCUT2D eigenvalue weighted by Crippen LogP contribution is -2.30. The van der Waals surface area contributed by atoms with Crippen molar-refractivity contribution in [2.75, 3.05) is 26.4 Å². The Hall–Kier alpha value is -3.31. The summed E-state index contributed by atoms with van der Waals surface area (Å²) in [4.78, 5) is 15.1. The van der Waals surface area contributed by atoms with Crippen molar-refractivity contribution in [2.45, 2.75) is 148 Å². The van der Waals surface area contributed by atoms with E-state index in [0.717, 1.165) is 119 Å². The normalized spacial score (nSPS) is 24.4. The summed E-state index contributed by atoms with van der Waals surface area (Å²) < 4.78 is 52.4. The molecule has 5 atom stereocenters. The first kappa shape index (κ1) is 38.0. The fraction of sp³-hybridized carbons (Fsp3) is 0.651. The lowest BCUT2D eigenvalue weighted by molar-refractivity contribution is -0.109. The predicted octanol–water partition coefficient (Wildman–Crippen LogP) is 9.51. The van der Waals surface area contributed by atoms with Crippen molar-refractivity contribution in [2.24, 2.45) is 5.92 Å². The van der Waals surface area contributed by atoms with Crippen LogP contribution in [-0.2, 0) is 25.5 Å². The lowest BCUT2D eigenvalue weighted by atomic mass is 9.97. The molecule has 5 heterocycles. The van der Waals surface area contributed by atoms with Gasteiger partial charge in [0.1, 0.15) is 17.2 Å². The molecular weight excluding hydrogens is 674 g/mol. The second-order valence-electron chi connectivity index (χ2n) is 15.0. The Balaban J connectivity index is 1.41. The maximum atomic E-state index is 15.1. The van der Waals surface area contributed by atoms with E-state index in [0.29, 0.717) is 62.2 Å². The van der Waals surface area contributed by atoms with Crippen molar-refractivity contribution in [1.82, 2.24) is 4.57 Å². The molecule has 4 fully saturated rings. The number of nitrogens with zero attached hydrogens (tertiary/aromatic N) is 1. The van der Waals surface area contributed by atoms with E-state index in [-0.39, 0.29) is 23.8 Å². The summed E-state index contributed by atoms with van der Waals surface area (Å²) in [5, 5.41) is 0.463. The van der Waals surface area contributed by atoms with Crippen LogP contribution in [0.5, 0.6) is 23.0 Å². The van der Waals surface area contributed by atoms with Gasteiger partial charge in [0.25, 0.3) is 0 Å². The minimum Gasteiger partial charge on any atom is -0.465 e. The molecule has 0 aliphatic carbocycles. The molecule has 10 nitrogen and oxygen atoms in total. The van der Waals surface area contributed by atoms with E-state index >= 15 is 4.79 Å². The largest absolute Gasteiger partial charge is 0.465 e. The van der Waals surface area contributed by atoms with Gasteiger partial charge in [0.15, 0.2) is 30.9 Å². The number of hydrogen-bond donors (Lipinski definition) is 0. The Bertz CT molecular complexity index is 1650. The van der Waals surface area contributed by atoms with Crippen molar-refractivity contribution in [3.63, 3.8) is 0 Å². The Morgan fingerprint density at radius 3 is 1.75 bits per heavy atom. The number of fused-ring (bicyclic) bond motifs is 1.